The van der Waals surface area contributed by atoms with Gasteiger partial charge >= 0.3 is 0 Å². The van der Waals surface area contributed by atoms with Crippen molar-refractivity contribution < 1.29 is 9.59 Å². The molecule has 4 heteroatoms. The Morgan fingerprint density at radius 1 is 1.35 bits per heavy atom. The lowest BCUT2D eigenvalue weighted by Crippen LogP contribution is -2.31. The number of carbonyl (C=O) groups is 2. The molecule has 1 aromatic rings. The van der Waals surface area contributed by atoms with Crippen LogP contribution >= 0.6 is 0 Å². The summed E-state index contributed by atoms with van der Waals surface area (Å²) in [4.78, 5) is 30.5. The van der Waals surface area contributed by atoms with Crippen molar-refractivity contribution in [3.63, 3.8) is 0 Å². The lowest BCUT2D eigenvalue weighted by atomic mass is 9.76. The molecular formula is C16H18N2O2. The first-order chi connectivity index (χ1) is 9.58. The van der Waals surface area contributed by atoms with Crippen molar-refractivity contribution in [1.82, 2.24) is 9.88 Å². The fourth-order valence-electron chi connectivity index (χ4n) is 3.42. The standard InChI is InChI=1S/C16H18N2O2/c1-10-6-11(2)14-13(7-10)15(19)18(16(14)20)9-12-4-3-5-17-8-12/h3-6,8,11,13-14H,7,9H2,1-2H3/t11-,13+,14-/m1/s1. The maximum atomic E-state index is 12.5. The minimum atomic E-state index is -0.178. The number of aromatic nitrogens is 1. The molecule has 2 heterocycles. The van der Waals surface area contributed by atoms with E-state index in [1.54, 1.807) is 12.4 Å². The van der Waals surface area contributed by atoms with E-state index in [-0.39, 0.29) is 29.6 Å². The molecule has 0 bridgehead atoms. The van der Waals surface area contributed by atoms with Crippen LogP contribution in [0.5, 0.6) is 0 Å². The quantitative estimate of drug-likeness (QED) is 0.611. The third-order valence-electron chi connectivity index (χ3n) is 4.29. The van der Waals surface area contributed by atoms with Crippen molar-refractivity contribution in [2.45, 2.75) is 26.8 Å². The van der Waals surface area contributed by atoms with Crippen molar-refractivity contribution in [3.8, 4) is 0 Å². The number of nitrogens with zero attached hydrogens (tertiary/aromatic N) is 2. The normalized spacial score (nSPS) is 29.4. The van der Waals surface area contributed by atoms with Crippen LogP contribution in [0.4, 0.5) is 0 Å². The van der Waals surface area contributed by atoms with Gasteiger partial charge in [-0.3, -0.25) is 19.5 Å². The van der Waals surface area contributed by atoms with Crippen LogP contribution in [0.15, 0.2) is 36.2 Å². The minimum Gasteiger partial charge on any atom is -0.278 e. The van der Waals surface area contributed by atoms with Gasteiger partial charge in [-0.2, -0.15) is 0 Å². The summed E-state index contributed by atoms with van der Waals surface area (Å²) < 4.78 is 0. The first kappa shape index (κ1) is 13.0. The van der Waals surface area contributed by atoms with Gasteiger partial charge in [0.25, 0.3) is 0 Å². The summed E-state index contributed by atoms with van der Waals surface area (Å²) in [7, 11) is 0. The number of likely N-dealkylation sites (tertiary alicyclic amines) is 1. The van der Waals surface area contributed by atoms with E-state index in [0.29, 0.717) is 13.0 Å². The molecule has 0 aromatic carbocycles. The fourth-order valence-corrected chi connectivity index (χ4v) is 3.42. The second kappa shape index (κ2) is 4.85. The van der Waals surface area contributed by atoms with E-state index in [9.17, 15) is 9.59 Å². The number of pyridine rings is 1. The Bertz CT molecular complexity index is 579. The number of imide groups is 1. The Hall–Kier alpha value is -1.97. The highest BCUT2D eigenvalue weighted by molar-refractivity contribution is 6.05. The van der Waals surface area contributed by atoms with Gasteiger partial charge in [-0.25, -0.2) is 0 Å². The molecule has 2 aliphatic rings. The summed E-state index contributed by atoms with van der Waals surface area (Å²) >= 11 is 0. The molecule has 1 aliphatic carbocycles. The highest BCUT2D eigenvalue weighted by Gasteiger charge is 2.50. The largest absolute Gasteiger partial charge is 0.278 e. The van der Waals surface area contributed by atoms with Crippen molar-refractivity contribution in [2.75, 3.05) is 0 Å². The third-order valence-corrected chi connectivity index (χ3v) is 4.29. The highest BCUT2D eigenvalue weighted by Crippen LogP contribution is 2.41. The molecule has 1 aliphatic heterocycles. The van der Waals surface area contributed by atoms with Crippen molar-refractivity contribution in [1.29, 1.82) is 0 Å². The molecule has 20 heavy (non-hydrogen) atoms. The van der Waals surface area contributed by atoms with E-state index in [1.165, 1.54) is 10.5 Å². The summed E-state index contributed by atoms with van der Waals surface area (Å²) in [6, 6.07) is 3.71. The van der Waals surface area contributed by atoms with Gasteiger partial charge in [-0.1, -0.05) is 24.6 Å². The summed E-state index contributed by atoms with van der Waals surface area (Å²) in [5, 5.41) is 0. The van der Waals surface area contributed by atoms with Crippen LogP contribution in [0.3, 0.4) is 0 Å². The molecule has 3 atom stereocenters. The zero-order valence-electron chi connectivity index (χ0n) is 11.7. The Morgan fingerprint density at radius 3 is 2.85 bits per heavy atom. The number of hydrogen-bond donors (Lipinski definition) is 0. The number of hydrogen-bond acceptors (Lipinski definition) is 3. The fraction of sp³-hybridized carbons (Fsp3) is 0.438. The lowest BCUT2D eigenvalue weighted by Gasteiger charge is -2.25. The molecule has 0 N–H and O–H groups in total. The SMILES string of the molecule is CC1=C[C@@H](C)[C@H]2C(=O)N(Cc3cccnc3)C(=O)[C@H]2C1. The second-order valence-corrected chi connectivity index (χ2v) is 5.83. The van der Waals surface area contributed by atoms with E-state index < -0.39 is 0 Å². The first-order valence-electron chi connectivity index (χ1n) is 6.99. The van der Waals surface area contributed by atoms with Gasteiger partial charge < -0.3 is 0 Å². The number of fused-ring (bicyclic) bond motifs is 1. The minimum absolute atomic E-state index is 0.0249. The molecule has 3 rings (SSSR count). The van der Waals surface area contributed by atoms with Crippen LogP contribution in [-0.2, 0) is 16.1 Å². The summed E-state index contributed by atoms with van der Waals surface area (Å²) in [5.41, 5.74) is 2.10. The van der Waals surface area contributed by atoms with Crippen LogP contribution in [0.25, 0.3) is 0 Å². The number of carbonyl (C=O) groups excluding carboxylic acids is 2. The van der Waals surface area contributed by atoms with Crippen molar-refractivity contribution in [3.05, 3.63) is 41.7 Å². The van der Waals surface area contributed by atoms with E-state index in [1.807, 2.05) is 26.0 Å². The Kier molecular flexibility index (Phi) is 3.16. The summed E-state index contributed by atoms with van der Waals surface area (Å²) in [6.07, 6.45) is 6.23. The first-order valence-corrected chi connectivity index (χ1v) is 6.99. The van der Waals surface area contributed by atoms with E-state index >= 15 is 0 Å². The van der Waals surface area contributed by atoms with Gasteiger partial charge in [0, 0.05) is 12.4 Å². The molecule has 1 fully saturated rings. The summed E-state index contributed by atoms with van der Waals surface area (Å²) in [5.74, 6) is -0.255. The van der Waals surface area contributed by atoms with Gasteiger partial charge in [0.2, 0.25) is 11.8 Å². The van der Waals surface area contributed by atoms with Gasteiger partial charge in [-0.15, -0.1) is 0 Å². The second-order valence-electron chi connectivity index (χ2n) is 5.83. The topological polar surface area (TPSA) is 50.3 Å². The molecule has 4 nitrogen and oxygen atoms in total. The molecular weight excluding hydrogens is 252 g/mol. The monoisotopic (exact) mass is 270 g/mol. The average molecular weight is 270 g/mol. The van der Waals surface area contributed by atoms with Crippen LogP contribution in [0.1, 0.15) is 25.8 Å². The molecule has 0 radical (unpaired) electrons. The zero-order chi connectivity index (χ0) is 14.3. The Morgan fingerprint density at radius 2 is 2.15 bits per heavy atom. The maximum absolute atomic E-state index is 12.5. The molecule has 0 spiro atoms. The number of rotatable bonds is 2. The number of amides is 2. The zero-order valence-corrected chi connectivity index (χ0v) is 11.7. The van der Waals surface area contributed by atoms with Crippen LogP contribution in [0.2, 0.25) is 0 Å². The molecule has 1 aromatic heterocycles. The van der Waals surface area contributed by atoms with Gasteiger partial charge in [-0.05, 0) is 30.9 Å². The van der Waals surface area contributed by atoms with Crippen LogP contribution in [-0.4, -0.2) is 21.7 Å². The van der Waals surface area contributed by atoms with Gasteiger partial charge in [0.15, 0.2) is 0 Å². The summed E-state index contributed by atoms with van der Waals surface area (Å²) in [6.45, 7) is 4.40. The van der Waals surface area contributed by atoms with Crippen LogP contribution in [0, 0.1) is 17.8 Å². The molecule has 104 valence electrons. The van der Waals surface area contributed by atoms with Crippen molar-refractivity contribution in [2.24, 2.45) is 17.8 Å². The smallest absolute Gasteiger partial charge is 0.234 e. The molecule has 1 saturated heterocycles. The van der Waals surface area contributed by atoms with Gasteiger partial charge in [0.05, 0.1) is 18.4 Å². The maximum Gasteiger partial charge on any atom is 0.234 e. The third kappa shape index (κ3) is 2.05. The lowest BCUT2D eigenvalue weighted by molar-refractivity contribution is -0.140. The predicted octanol–water partition coefficient (Wildman–Crippen LogP) is 2.17. The number of allylic oxidation sites excluding steroid dienone is 2. The van der Waals surface area contributed by atoms with E-state index in [0.717, 1.165) is 5.56 Å². The Balaban J connectivity index is 1.86. The average Bonchev–Trinajstić information content (AvgIpc) is 2.65. The van der Waals surface area contributed by atoms with E-state index in [2.05, 4.69) is 11.1 Å². The predicted molar refractivity (Wildman–Crippen MR) is 74.3 cm³/mol. The van der Waals surface area contributed by atoms with Gasteiger partial charge in [0.1, 0.15) is 0 Å². The van der Waals surface area contributed by atoms with Crippen molar-refractivity contribution >= 4 is 11.8 Å². The molecule has 0 saturated carbocycles. The molecule has 2 amide bonds. The van der Waals surface area contributed by atoms with E-state index in [4.69, 9.17) is 0 Å². The van der Waals surface area contributed by atoms with Crippen LogP contribution < -0.4 is 0 Å². The molecule has 0 unspecified atom stereocenters. The highest BCUT2D eigenvalue weighted by atomic mass is 16.2. The Labute approximate surface area is 118 Å².